The van der Waals surface area contributed by atoms with Crippen molar-refractivity contribution in [3.63, 3.8) is 0 Å². The second kappa shape index (κ2) is 9.52. The molecule has 0 unspecified atom stereocenters. The van der Waals surface area contributed by atoms with Gasteiger partial charge in [0, 0.05) is 44.3 Å². The molecule has 1 saturated heterocycles. The molecule has 0 atom stereocenters. The first kappa shape index (κ1) is 22.5. The Labute approximate surface area is 202 Å². The molecule has 5 rings (SSSR count). The van der Waals surface area contributed by atoms with Gasteiger partial charge in [-0.3, -0.25) is 14.7 Å². The van der Waals surface area contributed by atoms with Gasteiger partial charge >= 0.3 is 0 Å². The average Bonchev–Trinajstić information content (AvgIpc) is 3.13. The molecule has 0 spiro atoms. The van der Waals surface area contributed by atoms with Crippen LogP contribution in [-0.4, -0.2) is 56.7 Å². The van der Waals surface area contributed by atoms with E-state index in [1.54, 1.807) is 23.7 Å². The van der Waals surface area contributed by atoms with E-state index in [0.29, 0.717) is 36.0 Å². The molecule has 3 heterocycles. The molecule has 174 valence electrons. The highest BCUT2D eigenvalue weighted by Crippen LogP contribution is 2.24. The molecule has 0 bridgehead atoms. The Bertz CT molecular complexity index is 1320. The maximum Gasteiger partial charge on any atom is 0.258 e. The minimum atomic E-state index is -0.293. The molecule has 0 radical (unpaired) electrons. The number of para-hydroxylation sites is 1. The molecular weight excluding hydrogens is 453 g/mol. The lowest BCUT2D eigenvalue weighted by Crippen LogP contribution is -2.48. The number of hydrogen-bond donors (Lipinski definition) is 0. The molecule has 0 aliphatic carbocycles. The van der Waals surface area contributed by atoms with E-state index in [1.807, 2.05) is 17.2 Å². The highest BCUT2D eigenvalue weighted by atomic mass is 35.5. The maximum atomic E-state index is 13.3. The Balaban J connectivity index is 1.25. The van der Waals surface area contributed by atoms with Crippen LogP contribution < -0.4 is 0 Å². The van der Waals surface area contributed by atoms with Crippen molar-refractivity contribution < 1.29 is 9.18 Å². The Morgan fingerprint density at radius 2 is 1.74 bits per heavy atom. The van der Waals surface area contributed by atoms with Crippen LogP contribution in [0.4, 0.5) is 4.39 Å². The minimum Gasteiger partial charge on any atom is -0.336 e. The van der Waals surface area contributed by atoms with Gasteiger partial charge in [0.25, 0.3) is 5.91 Å². The fraction of sp³-hybridized carbons (Fsp3) is 0.269. The van der Waals surface area contributed by atoms with E-state index < -0.39 is 0 Å². The van der Waals surface area contributed by atoms with E-state index in [2.05, 4.69) is 39.2 Å². The summed E-state index contributed by atoms with van der Waals surface area (Å²) in [6.07, 6.45) is 1.82. The first-order valence-electron chi connectivity index (χ1n) is 11.3. The maximum absolute atomic E-state index is 13.3. The summed E-state index contributed by atoms with van der Waals surface area (Å²) in [5.41, 5.74) is 4.12. The van der Waals surface area contributed by atoms with Crippen LogP contribution in [0.2, 0.25) is 5.15 Å². The lowest BCUT2D eigenvalue weighted by atomic mass is 10.1. The fourth-order valence-electron chi connectivity index (χ4n) is 4.47. The average molecular weight is 478 g/mol. The molecular formula is C26H25ClFN5O. The number of benzene rings is 2. The van der Waals surface area contributed by atoms with Gasteiger partial charge in [-0.05, 0) is 36.2 Å². The molecule has 2 aromatic carbocycles. The van der Waals surface area contributed by atoms with Crippen molar-refractivity contribution in [2.24, 2.45) is 0 Å². The van der Waals surface area contributed by atoms with Gasteiger partial charge in [-0.15, -0.1) is 0 Å². The summed E-state index contributed by atoms with van der Waals surface area (Å²) in [4.78, 5) is 22.0. The molecule has 0 saturated carbocycles. The number of rotatable bonds is 5. The van der Waals surface area contributed by atoms with Gasteiger partial charge in [0.1, 0.15) is 11.0 Å². The van der Waals surface area contributed by atoms with Crippen LogP contribution in [-0.2, 0) is 13.1 Å². The largest absolute Gasteiger partial charge is 0.336 e. The Hall–Kier alpha value is -3.29. The number of piperazine rings is 1. The summed E-state index contributed by atoms with van der Waals surface area (Å²) in [5, 5.41) is 5.92. The number of aromatic nitrogens is 3. The number of carbonyl (C=O) groups is 1. The molecule has 1 amide bonds. The van der Waals surface area contributed by atoms with Crippen molar-refractivity contribution in [2.45, 2.75) is 20.0 Å². The predicted molar refractivity (Wildman–Crippen MR) is 130 cm³/mol. The smallest absolute Gasteiger partial charge is 0.258 e. The number of carbonyl (C=O) groups excluding carboxylic acids is 1. The standard InChI is InChI=1S/C26H25ClFN5O/c1-18-23(25(27)33(30-18)16-19-7-9-22(28)10-8-19)26(34)32-14-12-31(13-15-32)17-21-5-2-4-20-6-3-11-29-24(20)21/h2-11H,12-17H2,1H3. The highest BCUT2D eigenvalue weighted by molar-refractivity contribution is 6.33. The van der Waals surface area contributed by atoms with Crippen LogP contribution in [0.5, 0.6) is 0 Å². The van der Waals surface area contributed by atoms with Gasteiger partial charge in [-0.25, -0.2) is 9.07 Å². The third kappa shape index (κ3) is 4.54. The van der Waals surface area contributed by atoms with E-state index in [-0.39, 0.29) is 11.7 Å². The van der Waals surface area contributed by atoms with Crippen molar-refractivity contribution in [1.29, 1.82) is 0 Å². The third-order valence-electron chi connectivity index (χ3n) is 6.29. The molecule has 2 aromatic heterocycles. The van der Waals surface area contributed by atoms with Gasteiger partial charge in [-0.2, -0.15) is 5.10 Å². The van der Waals surface area contributed by atoms with E-state index in [4.69, 9.17) is 11.6 Å². The zero-order chi connectivity index (χ0) is 23.7. The number of pyridine rings is 1. The van der Waals surface area contributed by atoms with Gasteiger partial charge in [0.2, 0.25) is 0 Å². The molecule has 4 aromatic rings. The first-order chi connectivity index (χ1) is 16.5. The monoisotopic (exact) mass is 477 g/mol. The van der Waals surface area contributed by atoms with Crippen molar-refractivity contribution >= 4 is 28.4 Å². The fourth-order valence-corrected chi connectivity index (χ4v) is 4.78. The molecule has 1 fully saturated rings. The number of halogens is 2. The topological polar surface area (TPSA) is 54.3 Å². The van der Waals surface area contributed by atoms with Gasteiger partial charge < -0.3 is 4.90 Å². The number of amides is 1. The quantitative estimate of drug-likeness (QED) is 0.423. The number of hydrogen-bond acceptors (Lipinski definition) is 4. The number of aryl methyl sites for hydroxylation is 1. The van der Waals surface area contributed by atoms with Crippen LogP contribution in [0.25, 0.3) is 10.9 Å². The minimum absolute atomic E-state index is 0.0978. The Morgan fingerprint density at radius 3 is 2.50 bits per heavy atom. The predicted octanol–water partition coefficient (Wildman–Crippen LogP) is 4.54. The van der Waals surface area contributed by atoms with Gasteiger partial charge in [-0.1, -0.05) is 48.0 Å². The Kier molecular flexibility index (Phi) is 6.30. The molecule has 0 N–H and O–H groups in total. The van der Waals surface area contributed by atoms with E-state index in [9.17, 15) is 9.18 Å². The second-order valence-electron chi connectivity index (χ2n) is 8.60. The van der Waals surface area contributed by atoms with E-state index in [0.717, 1.165) is 36.1 Å². The first-order valence-corrected chi connectivity index (χ1v) is 11.7. The zero-order valence-corrected chi connectivity index (χ0v) is 19.7. The van der Waals surface area contributed by atoms with Crippen molar-refractivity contribution in [3.8, 4) is 0 Å². The van der Waals surface area contributed by atoms with Crippen LogP contribution in [0.1, 0.15) is 27.2 Å². The van der Waals surface area contributed by atoms with E-state index >= 15 is 0 Å². The number of fused-ring (bicyclic) bond motifs is 1. The molecule has 8 heteroatoms. The summed E-state index contributed by atoms with van der Waals surface area (Å²) in [6, 6.07) is 16.5. The third-order valence-corrected chi connectivity index (χ3v) is 6.68. The van der Waals surface area contributed by atoms with Gasteiger partial charge in [0.15, 0.2) is 0 Å². The Morgan fingerprint density at radius 1 is 1.00 bits per heavy atom. The van der Waals surface area contributed by atoms with Crippen molar-refractivity contribution in [2.75, 3.05) is 26.2 Å². The summed E-state index contributed by atoms with van der Waals surface area (Å²) < 4.78 is 14.8. The van der Waals surface area contributed by atoms with E-state index in [1.165, 1.54) is 17.7 Å². The van der Waals surface area contributed by atoms with Crippen molar-refractivity contribution in [1.82, 2.24) is 24.6 Å². The summed E-state index contributed by atoms with van der Waals surface area (Å²) >= 11 is 6.58. The molecule has 1 aliphatic heterocycles. The van der Waals surface area contributed by atoms with Crippen LogP contribution in [0.15, 0.2) is 60.8 Å². The second-order valence-corrected chi connectivity index (χ2v) is 8.95. The van der Waals surface area contributed by atoms with Crippen molar-refractivity contribution in [3.05, 3.63) is 94.1 Å². The van der Waals surface area contributed by atoms with Gasteiger partial charge in [0.05, 0.1) is 23.3 Å². The number of nitrogens with zero attached hydrogens (tertiary/aromatic N) is 5. The zero-order valence-electron chi connectivity index (χ0n) is 18.9. The molecule has 34 heavy (non-hydrogen) atoms. The van der Waals surface area contributed by atoms with Crippen LogP contribution in [0, 0.1) is 12.7 Å². The normalized spacial score (nSPS) is 14.6. The molecule has 6 nitrogen and oxygen atoms in total. The summed E-state index contributed by atoms with van der Waals surface area (Å²) in [6.45, 7) is 5.76. The van der Waals surface area contributed by atoms with Crippen LogP contribution in [0.3, 0.4) is 0 Å². The SMILES string of the molecule is Cc1nn(Cc2ccc(F)cc2)c(Cl)c1C(=O)N1CCN(Cc2cccc3cccnc23)CC1. The molecule has 1 aliphatic rings. The van der Waals surface area contributed by atoms with Crippen LogP contribution >= 0.6 is 11.6 Å². The summed E-state index contributed by atoms with van der Waals surface area (Å²) in [7, 11) is 0. The lowest BCUT2D eigenvalue weighted by molar-refractivity contribution is 0.0628. The lowest BCUT2D eigenvalue weighted by Gasteiger charge is -2.34. The summed E-state index contributed by atoms with van der Waals surface area (Å²) in [5.74, 6) is -0.391. The highest BCUT2D eigenvalue weighted by Gasteiger charge is 2.28.